The van der Waals surface area contributed by atoms with Gasteiger partial charge in [0.15, 0.2) is 0 Å². The Hall–Kier alpha value is -1.98. The van der Waals surface area contributed by atoms with E-state index in [9.17, 15) is 4.79 Å². The molecule has 20 heavy (non-hydrogen) atoms. The summed E-state index contributed by atoms with van der Waals surface area (Å²) in [7, 11) is 1.66. The quantitative estimate of drug-likeness (QED) is 0.744. The van der Waals surface area contributed by atoms with Crippen molar-refractivity contribution in [2.75, 3.05) is 33.4 Å². The van der Waals surface area contributed by atoms with Gasteiger partial charge in [-0.2, -0.15) is 0 Å². The van der Waals surface area contributed by atoms with Crippen molar-refractivity contribution in [2.45, 2.75) is 0 Å². The van der Waals surface area contributed by atoms with Gasteiger partial charge in [0, 0.05) is 38.3 Å². The van der Waals surface area contributed by atoms with E-state index in [0.717, 1.165) is 24.0 Å². The third-order valence-corrected chi connectivity index (χ3v) is 2.96. The average molecular weight is 273 g/mol. The second-order valence-corrected chi connectivity index (χ2v) is 4.37. The number of aromatic nitrogens is 1. The number of pyridine rings is 1. The molecule has 106 valence electrons. The maximum atomic E-state index is 12.2. The first-order chi connectivity index (χ1) is 9.83. The SMILES string of the molecule is COCCNCCNC(=O)c1ccnc2ccccc12. The number of ether oxygens (including phenoxy) is 1. The van der Waals surface area contributed by atoms with Gasteiger partial charge in [0.2, 0.25) is 0 Å². The van der Waals surface area contributed by atoms with Crippen molar-refractivity contribution >= 4 is 16.8 Å². The van der Waals surface area contributed by atoms with Crippen molar-refractivity contribution < 1.29 is 9.53 Å². The Balaban J connectivity index is 1.91. The van der Waals surface area contributed by atoms with Gasteiger partial charge in [-0.1, -0.05) is 18.2 Å². The van der Waals surface area contributed by atoms with Crippen molar-refractivity contribution in [3.8, 4) is 0 Å². The molecule has 0 saturated carbocycles. The summed E-state index contributed by atoms with van der Waals surface area (Å²) >= 11 is 0. The lowest BCUT2D eigenvalue weighted by molar-refractivity contribution is 0.0955. The molecule has 0 unspecified atom stereocenters. The smallest absolute Gasteiger partial charge is 0.252 e. The topological polar surface area (TPSA) is 63.2 Å². The number of para-hydroxylation sites is 1. The lowest BCUT2D eigenvalue weighted by Crippen LogP contribution is -2.33. The molecular formula is C15H19N3O2. The molecule has 1 heterocycles. The molecule has 1 aromatic carbocycles. The Bertz CT molecular complexity index is 567. The number of carbonyl (C=O) groups excluding carboxylic acids is 1. The van der Waals surface area contributed by atoms with E-state index in [0.29, 0.717) is 18.7 Å². The summed E-state index contributed by atoms with van der Waals surface area (Å²) in [6, 6.07) is 9.38. The van der Waals surface area contributed by atoms with E-state index in [1.165, 1.54) is 0 Å². The van der Waals surface area contributed by atoms with Gasteiger partial charge in [-0.25, -0.2) is 0 Å². The number of rotatable bonds is 7. The molecule has 1 amide bonds. The number of benzene rings is 1. The van der Waals surface area contributed by atoms with Crippen LogP contribution in [0, 0.1) is 0 Å². The summed E-state index contributed by atoms with van der Waals surface area (Å²) in [5, 5.41) is 6.95. The zero-order valence-corrected chi connectivity index (χ0v) is 11.6. The van der Waals surface area contributed by atoms with Crippen molar-refractivity contribution in [3.05, 3.63) is 42.1 Å². The fourth-order valence-electron chi connectivity index (χ4n) is 1.95. The number of hydrogen-bond donors (Lipinski definition) is 2. The molecule has 5 heteroatoms. The molecule has 0 saturated heterocycles. The lowest BCUT2D eigenvalue weighted by atomic mass is 10.1. The minimum absolute atomic E-state index is 0.0721. The Labute approximate surface area is 118 Å². The van der Waals surface area contributed by atoms with Crippen LogP contribution in [0.1, 0.15) is 10.4 Å². The van der Waals surface area contributed by atoms with Gasteiger partial charge in [0.25, 0.3) is 5.91 Å². The second-order valence-electron chi connectivity index (χ2n) is 4.37. The highest BCUT2D eigenvalue weighted by Crippen LogP contribution is 2.15. The van der Waals surface area contributed by atoms with Crippen LogP contribution in [0.25, 0.3) is 10.9 Å². The summed E-state index contributed by atoms with van der Waals surface area (Å²) in [5.74, 6) is -0.0721. The van der Waals surface area contributed by atoms with E-state index in [1.54, 1.807) is 19.4 Å². The minimum atomic E-state index is -0.0721. The molecule has 0 aliphatic heterocycles. The largest absolute Gasteiger partial charge is 0.383 e. The van der Waals surface area contributed by atoms with Crippen molar-refractivity contribution in [3.63, 3.8) is 0 Å². The fraction of sp³-hybridized carbons (Fsp3) is 0.333. The third kappa shape index (κ3) is 3.76. The molecule has 0 bridgehead atoms. The number of nitrogens with one attached hydrogen (secondary N) is 2. The maximum Gasteiger partial charge on any atom is 0.252 e. The minimum Gasteiger partial charge on any atom is -0.383 e. The van der Waals surface area contributed by atoms with Crippen molar-refractivity contribution in [1.29, 1.82) is 0 Å². The van der Waals surface area contributed by atoms with Crippen LogP contribution in [0.4, 0.5) is 0 Å². The van der Waals surface area contributed by atoms with Gasteiger partial charge in [-0.3, -0.25) is 9.78 Å². The first-order valence-corrected chi connectivity index (χ1v) is 6.64. The van der Waals surface area contributed by atoms with E-state index in [-0.39, 0.29) is 5.91 Å². The van der Waals surface area contributed by atoms with E-state index < -0.39 is 0 Å². The number of nitrogens with zero attached hydrogens (tertiary/aromatic N) is 1. The van der Waals surface area contributed by atoms with E-state index in [1.807, 2.05) is 24.3 Å². The number of fused-ring (bicyclic) bond motifs is 1. The number of amides is 1. The molecule has 0 aliphatic rings. The maximum absolute atomic E-state index is 12.2. The molecule has 0 aliphatic carbocycles. The highest BCUT2D eigenvalue weighted by atomic mass is 16.5. The van der Waals surface area contributed by atoms with Gasteiger partial charge in [-0.15, -0.1) is 0 Å². The van der Waals surface area contributed by atoms with Crippen LogP contribution >= 0.6 is 0 Å². The Kier molecular flexibility index (Phi) is 5.46. The first kappa shape index (κ1) is 14.4. The molecule has 0 spiro atoms. The zero-order valence-electron chi connectivity index (χ0n) is 11.6. The third-order valence-electron chi connectivity index (χ3n) is 2.96. The fourth-order valence-corrected chi connectivity index (χ4v) is 1.95. The molecule has 0 atom stereocenters. The van der Waals surface area contributed by atoms with Crippen molar-refractivity contribution in [1.82, 2.24) is 15.6 Å². The van der Waals surface area contributed by atoms with Crippen LogP contribution in [-0.4, -0.2) is 44.2 Å². The van der Waals surface area contributed by atoms with E-state index in [2.05, 4.69) is 15.6 Å². The van der Waals surface area contributed by atoms with Gasteiger partial charge in [0.1, 0.15) is 0 Å². The van der Waals surface area contributed by atoms with Gasteiger partial charge < -0.3 is 15.4 Å². The van der Waals surface area contributed by atoms with Crippen LogP contribution < -0.4 is 10.6 Å². The Morgan fingerprint density at radius 2 is 2.05 bits per heavy atom. The van der Waals surface area contributed by atoms with Crippen LogP contribution in [0.5, 0.6) is 0 Å². The summed E-state index contributed by atoms with van der Waals surface area (Å²) < 4.78 is 4.93. The van der Waals surface area contributed by atoms with Gasteiger partial charge in [-0.05, 0) is 12.1 Å². The zero-order chi connectivity index (χ0) is 14.2. The first-order valence-electron chi connectivity index (χ1n) is 6.64. The van der Waals surface area contributed by atoms with Crippen LogP contribution in [0.3, 0.4) is 0 Å². The van der Waals surface area contributed by atoms with Gasteiger partial charge in [0.05, 0.1) is 17.7 Å². The highest BCUT2D eigenvalue weighted by molar-refractivity contribution is 6.05. The van der Waals surface area contributed by atoms with Gasteiger partial charge >= 0.3 is 0 Å². The predicted octanol–water partition coefficient (Wildman–Crippen LogP) is 1.20. The number of carbonyl (C=O) groups is 1. The normalized spacial score (nSPS) is 10.7. The molecule has 2 N–H and O–H groups in total. The molecule has 5 nitrogen and oxygen atoms in total. The van der Waals surface area contributed by atoms with Crippen LogP contribution in [0.2, 0.25) is 0 Å². The number of methoxy groups -OCH3 is 1. The Morgan fingerprint density at radius 3 is 2.90 bits per heavy atom. The number of hydrogen-bond acceptors (Lipinski definition) is 4. The monoisotopic (exact) mass is 273 g/mol. The predicted molar refractivity (Wildman–Crippen MR) is 78.8 cm³/mol. The molecule has 0 radical (unpaired) electrons. The molecule has 2 aromatic rings. The molecule has 2 rings (SSSR count). The standard InChI is InChI=1S/C15H19N3O2/c1-20-11-10-16-8-9-18-15(19)13-6-7-17-14-5-3-2-4-12(13)14/h2-7,16H,8-11H2,1H3,(H,18,19). The lowest BCUT2D eigenvalue weighted by Gasteiger charge is -2.08. The Morgan fingerprint density at radius 1 is 1.20 bits per heavy atom. The molecular weight excluding hydrogens is 254 g/mol. The highest BCUT2D eigenvalue weighted by Gasteiger charge is 2.09. The summed E-state index contributed by atoms with van der Waals surface area (Å²) in [4.78, 5) is 16.4. The van der Waals surface area contributed by atoms with Crippen molar-refractivity contribution in [2.24, 2.45) is 0 Å². The van der Waals surface area contributed by atoms with Crippen LogP contribution in [-0.2, 0) is 4.74 Å². The summed E-state index contributed by atoms with van der Waals surface area (Å²) in [6.45, 7) is 2.75. The molecule has 0 fully saturated rings. The van der Waals surface area contributed by atoms with E-state index >= 15 is 0 Å². The second kappa shape index (κ2) is 7.57. The van der Waals surface area contributed by atoms with E-state index in [4.69, 9.17) is 4.74 Å². The summed E-state index contributed by atoms with van der Waals surface area (Å²) in [5.41, 5.74) is 1.49. The molecule has 1 aromatic heterocycles. The average Bonchev–Trinajstić information content (AvgIpc) is 2.50. The summed E-state index contributed by atoms with van der Waals surface area (Å²) in [6.07, 6.45) is 1.66. The van der Waals surface area contributed by atoms with Crippen LogP contribution in [0.15, 0.2) is 36.5 Å².